The lowest BCUT2D eigenvalue weighted by Crippen LogP contribution is -2.27. The minimum absolute atomic E-state index is 0.152. The van der Waals surface area contributed by atoms with Gasteiger partial charge in [-0.2, -0.15) is 0 Å². The molecule has 2 heterocycles. The van der Waals surface area contributed by atoms with Crippen LogP contribution in [-0.2, 0) is 10.2 Å². The van der Waals surface area contributed by atoms with Crippen LogP contribution in [0.2, 0.25) is 0 Å². The molecule has 140 valence electrons. The van der Waals surface area contributed by atoms with Crippen molar-refractivity contribution in [3.63, 3.8) is 0 Å². The first-order valence-electron chi connectivity index (χ1n) is 8.31. The van der Waals surface area contributed by atoms with Gasteiger partial charge in [-0.3, -0.25) is 19.6 Å². The van der Waals surface area contributed by atoms with E-state index in [1.54, 1.807) is 13.0 Å². The second-order valence-corrected chi connectivity index (χ2v) is 7.44. The zero-order chi connectivity index (χ0) is 20.1. The Morgan fingerprint density at radius 3 is 2.37 bits per heavy atom. The van der Waals surface area contributed by atoms with Crippen molar-refractivity contribution in [2.24, 2.45) is 10.7 Å². The summed E-state index contributed by atoms with van der Waals surface area (Å²) in [6, 6.07) is 5.57. The molecule has 0 radical (unpaired) electrons. The maximum absolute atomic E-state index is 12.3. The lowest BCUT2D eigenvalue weighted by Gasteiger charge is -2.20. The van der Waals surface area contributed by atoms with Crippen LogP contribution in [0.25, 0.3) is 5.70 Å². The van der Waals surface area contributed by atoms with Crippen LogP contribution in [0.4, 0.5) is 0 Å². The van der Waals surface area contributed by atoms with Gasteiger partial charge in [-0.15, -0.1) is 0 Å². The van der Waals surface area contributed by atoms with E-state index in [0.717, 1.165) is 5.56 Å². The number of nitrogens with one attached hydrogen (secondary N) is 2. The van der Waals surface area contributed by atoms with E-state index >= 15 is 0 Å². The van der Waals surface area contributed by atoms with Gasteiger partial charge in [0.05, 0.1) is 11.4 Å². The number of aromatic nitrogens is 2. The van der Waals surface area contributed by atoms with Gasteiger partial charge in [0.25, 0.3) is 5.56 Å². The van der Waals surface area contributed by atoms with Gasteiger partial charge in [-0.1, -0.05) is 32.9 Å². The number of benzene rings is 1. The molecule has 1 aromatic carbocycles. The molecule has 3 rings (SSSR count). The van der Waals surface area contributed by atoms with Gasteiger partial charge in [0.1, 0.15) is 5.56 Å². The van der Waals surface area contributed by atoms with Crippen LogP contribution in [0.15, 0.2) is 38.4 Å². The zero-order valence-corrected chi connectivity index (χ0v) is 15.4. The Morgan fingerprint density at radius 1 is 1.15 bits per heavy atom. The minimum atomic E-state index is -0.827. The summed E-state index contributed by atoms with van der Waals surface area (Å²) in [6.45, 7) is 7.70. The summed E-state index contributed by atoms with van der Waals surface area (Å²) in [5.41, 5.74) is 6.44. The van der Waals surface area contributed by atoms with Crippen LogP contribution >= 0.6 is 0 Å². The molecule has 0 saturated carbocycles. The van der Waals surface area contributed by atoms with Crippen molar-refractivity contribution in [2.75, 3.05) is 0 Å². The lowest BCUT2D eigenvalue weighted by molar-refractivity contribution is -0.114. The molecule has 0 atom stereocenters. The van der Waals surface area contributed by atoms with Crippen molar-refractivity contribution in [1.82, 2.24) is 9.97 Å². The van der Waals surface area contributed by atoms with Gasteiger partial charge in [0, 0.05) is 16.7 Å². The molecule has 1 amide bonds. The summed E-state index contributed by atoms with van der Waals surface area (Å²) in [5, 5.41) is 10.1. The largest absolute Gasteiger partial charge is 0.494 e. The summed E-state index contributed by atoms with van der Waals surface area (Å²) >= 11 is 0. The molecule has 8 nitrogen and oxygen atoms in total. The topological polar surface area (TPSA) is 141 Å². The van der Waals surface area contributed by atoms with Crippen LogP contribution in [0.5, 0.6) is 5.88 Å². The number of amides is 1. The lowest BCUT2D eigenvalue weighted by atomic mass is 9.84. The summed E-state index contributed by atoms with van der Waals surface area (Å²) < 4.78 is 0. The Balaban J connectivity index is 2.36. The minimum Gasteiger partial charge on any atom is -0.494 e. The third-order valence-corrected chi connectivity index (χ3v) is 4.50. The van der Waals surface area contributed by atoms with E-state index in [1.807, 2.05) is 32.9 Å². The van der Waals surface area contributed by atoms with E-state index in [9.17, 15) is 19.5 Å². The number of nitrogens with two attached hydrogens (primary N) is 1. The number of aromatic amines is 2. The van der Waals surface area contributed by atoms with Crippen molar-refractivity contribution in [3.8, 4) is 5.88 Å². The fraction of sp³-hybridized carbons (Fsp3) is 0.263. The quantitative estimate of drug-likeness (QED) is 0.590. The molecule has 2 aromatic rings. The SMILES string of the molecule is C/C(C(N)=O)=C1/N=C(c2c(O)[nH]c(=O)[nH]c2=O)c2ccc(C(C)(C)C)cc21. The number of rotatable bonds is 2. The van der Waals surface area contributed by atoms with Crippen LogP contribution in [0.3, 0.4) is 0 Å². The van der Waals surface area contributed by atoms with Gasteiger partial charge >= 0.3 is 5.69 Å². The Morgan fingerprint density at radius 2 is 1.81 bits per heavy atom. The molecule has 0 spiro atoms. The van der Waals surface area contributed by atoms with Crippen molar-refractivity contribution in [2.45, 2.75) is 33.1 Å². The molecule has 1 aliphatic heterocycles. The maximum Gasteiger partial charge on any atom is 0.328 e. The predicted octanol–water partition coefficient (Wildman–Crippen LogP) is 1.13. The van der Waals surface area contributed by atoms with Crippen LogP contribution < -0.4 is 17.0 Å². The maximum atomic E-state index is 12.3. The van der Waals surface area contributed by atoms with Crippen molar-refractivity contribution < 1.29 is 9.90 Å². The number of aromatic hydroxyl groups is 1. The molecule has 0 bridgehead atoms. The fourth-order valence-electron chi connectivity index (χ4n) is 2.93. The van der Waals surface area contributed by atoms with Gasteiger partial charge in [0.15, 0.2) is 0 Å². The zero-order valence-electron chi connectivity index (χ0n) is 15.4. The smallest absolute Gasteiger partial charge is 0.328 e. The van der Waals surface area contributed by atoms with Gasteiger partial charge < -0.3 is 10.8 Å². The van der Waals surface area contributed by atoms with Gasteiger partial charge in [-0.25, -0.2) is 9.79 Å². The molecule has 1 aromatic heterocycles. The highest BCUT2D eigenvalue weighted by Gasteiger charge is 2.29. The first-order chi connectivity index (χ1) is 12.5. The highest BCUT2D eigenvalue weighted by atomic mass is 16.3. The van der Waals surface area contributed by atoms with Crippen molar-refractivity contribution >= 4 is 17.3 Å². The molecular formula is C19H20N4O4. The third-order valence-electron chi connectivity index (χ3n) is 4.50. The second-order valence-electron chi connectivity index (χ2n) is 7.44. The molecule has 0 saturated heterocycles. The Bertz CT molecular complexity index is 1140. The highest BCUT2D eigenvalue weighted by Crippen LogP contribution is 2.36. The first-order valence-corrected chi connectivity index (χ1v) is 8.31. The number of aliphatic imine (C=N–C) groups is 1. The van der Waals surface area contributed by atoms with Crippen molar-refractivity contribution in [3.05, 3.63) is 66.9 Å². The number of nitrogens with zero attached hydrogens (tertiary/aromatic N) is 1. The molecule has 0 fully saturated rings. The normalized spacial score (nSPS) is 15.3. The average Bonchev–Trinajstić information content (AvgIpc) is 2.91. The number of H-pyrrole nitrogens is 2. The highest BCUT2D eigenvalue weighted by molar-refractivity contribution is 6.22. The van der Waals surface area contributed by atoms with E-state index < -0.39 is 23.0 Å². The van der Waals surface area contributed by atoms with E-state index in [-0.39, 0.29) is 22.3 Å². The second kappa shape index (κ2) is 6.08. The number of hydrogen-bond acceptors (Lipinski definition) is 5. The summed E-state index contributed by atoms with van der Waals surface area (Å²) in [4.78, 5) is 44.0. The number of fused-ring (bicyclic) bond motifs is 1. The monoisotopic (exact) mass is 368 g/mol. The molecule has 0 unspecified atom stereocenters. The van der Waals surface area contributed by atoms with Crippen LogP contribution in [-0.4, -0.2) is 26.7 Å². The van der Waals surface area contributed by atoms with Gasteiger partial charge in [-0.05, 0) is 24.0 Å². The summed E-state index contributed by atoms with van der Waals surface area (Å²) in [7, 11) is 0. The molecule has 8 heteroatoms. The molecular weight excluding hydrogens is 348 g/mol. The molecule has 27 heavy (non-hydrogen) atoms. The van der Waals surface area contributed by atoms with E-state index in [0.29, 0.717) is 16.8 Å². The van der Waals surface area contributed by atoms with Crippen molar-refractivity contribution in [1.29, 1.82) is 0 Å². The Kier molecular flexibility index (Phi) is 4.14. The van der Waals surface area contributed by atoms with Gasteiger partial charge in [0.2, 0.25) is 11.8 Å². The molecule has 0 aliphatic carbocycles. The third kappa shape index (κ3) is 3.10. The molecule has 1 aliphatic rings. The Hall–Kier alpha value is -3.42. The predicted molar refractivity (Wildman–Crippen MR) is 102 cm³/mol. The Labute approximate surface area is 154 Å². The average molecular weight is 368 g/mol. The number of carbonyl (C=O) groups excluding carboxylic acids is 1. The molecule has 5 N–H and O–H groups in total. The summed E-state index contributed by atoms with van der Waals surface area (Å²) in [5.74, 6) is -1.23. The summed E-state index contributed by atoms with van der Waals surface area (Å²) in [6.07, 6.45) is 0. The van der Waals surface area contributed by atoms with E-state index in [2.05, 4.69) is 15.0 Å². The number of primary amides is 1. The van der Waals surface area contributed by atoms with E-state index in [1.165, 1.54) is 0 Å². The number of carbonyl (C=O) groups is 1. The standard InChI is InChI=1S/C19H20N4O4/c1-8(15(20)24)13-11-7-9(19(2,3)4)5-6-10(11)14(21-13)12-16(25)22-18(27)23-17(12)26/h5-7H,1-4H3,(H2,20,24)(H3,22,23,25,26,27)/b13-8-. The fourth-order valence-corrected chi connectivity index (χ4v) is 2.93. The van der Waals surface area contributed by atoms with Crippen LogP contribution in [0, 0.1) is 0 Å². The van der Waals surface area contributed by atoms with Crippen LogP contribution in [0.1, 0.15) is 49.9 Å². The number of hydrogen-bond donors (Lipinski definition) is 4. The van der Waals surface area contributed by atoms with E-state index in [4.69, 9.17) is 5.73 Å². The first kappa shape index (κ1) is 18.4.